The van der Waals surface area contributed by atoms with Crippen molar-refractivity contribution in [3.8, 4) is 0 Å². The zero-order valence-electron chi connectivity index (χ0n) is 14.0. The second kappa shape index (κ2) is 7.96. The first kappa shape index (κ1) is 20.0. The minimum Gasteiger partial charge on any atom is -0.351 e. The number of hydrogen-bond acceptors (Lipinski definition) is 2. The van der Waals surface area contributed by atoms with Crippen LogP contribution in [0, 0.1) is 0 Å². The SMILES string of the molecule is Cl.O=C(N[C@H]1CCCNC1)C1(c2cccc(C(F)(F)F)c2)CCCC1. The molecule has 1 aromatic carbocycles. The number of nitrogens with one attached hydrogen (secondary N) is 2. The molecule has 1 heterocycles. The maximum atomic E-state index is 13.0. The van der Waals surface area contributed by atoms with Crippen LogP contribution in [0.2, 0.25) is 0 Å². The summed E-state index contributed by atoms with van der Waals surface area (Å²) in [6.07, 6.45) is 0.484. The van der Waals surface area contributed by atoms with Gasteiger partial charge in [0.05, 0.1) is 11.0 Å². The summed E-state index contributed by atoms with van der Waals surface area (Å²) in [6.45, 7) is 1.68. The maximum Gasteiger partial charge on any atom is 0.416 e. The van der Waals surface area contributed by atoms with Gasteiger partial charge in [-0.3, -0.25) is 4.79 Å². The van der Waals surface area contributed by atoms with Gasteiger partial charge in [-0.05, 0) is 43.9 Å². The van der Waals surface area contributed by atoms with Crippen LogP contribution in [0.15, 0.2) is 24.3 Å². The lowest BCUT2D eigenvalue weighted by Crippen LogP contribution is -2.51. The Labute approximate surface area is 152 Å². The number of carbonyl (C=O) groups is 1. The summed E-state index contributed by atoms with van der Waals surface area (Å²) in [5.41, 5.74) is -1.01. The molecule has 2 aliphatic rings. The van der Waals surface area contributed by atoms with Crippen molar-refractivity contribution in [1.82, 2.24) is 10.6 Å². The predicted molar refractivity (Wildman–Crippen MR) is 92.9 cm³/mol. The Morgan fingerprint density at radius 2 is 1.92 bits per heavy atom. The van der Waals surface area contributed by atoms with Crippen molar-refractivity contribution in [2.24, 2.45) is 0 Å². The molecule has 25 heavy (non-hydrogen) atoms. The quantitative estimate of drug-likeness (QED) is 0.842. The third kappa shape index (κ3) is 4.29. The van der Waals surface area contributed by atoms with E-state index in [4.69, 9.17) is 0 Å². The third-order valence-electron chi connectivity index (χ3n) is 5.27. The number of amides is 1. The minimum absolute atomic E-state index is 0. The van der Waals surface area contributed by atoms with Crippen LogP contribution in [-0.4, -0.2) is 25.0 Å². The smallest absolute Gasteiger partial charge is 0.351 e. The molecule has 0 unspecified atom stereocenters. The number of piperidine rings is 1. The molecule has 1 aliphatic carbocycles. The van der Waals surface area contributed by atoms with Gasteiger partial charge in [-0.1, -0.05) is 31.0 Å². The standard InChI is InChI=1S/C18H23F3N2O.ClH/c19-18(20,21)14-6-3-5-13(11-14)17(8-1-2-9-17)16(24)23-15-7-4-10-22-12-15;/h3,5-6,11,15,22H,1-2,4,7-10,12H2,(H,23,24);1H/t15-;/m0./s1. The Morgan fingerprint density at radius 3 is 2.52 bits per heavy atom. The van der Waals surface area contributed by atoms with Crippen LogP contribution in [0.25, 0.3) is 0 Å². The Balaban J connectivity index is 0.00000225. The van der Waals surface area contributed by atoms with E-state index in [-0.39, 0.29) is 24.4 Å². The van der Waals surface area contributed by atoms with Crippen LogP contribution >= 0.6 is 12.4 Å². The van der Waals surface area contributed by atoms with E-state index >= 15 is 0 Å². The molecule has 1 saturated heterocycles. The average molecular weight is 377 g/mol. The lowest BCUT2D eigenvalue weighted by molar-refractivity contribution is -0.138. The summed E-state index contributed by atoms with van der Waals surface area (Å²) in [6, 6.07) is 5.36. The maximum absolute atomic E-state index is 13.0. The van der Waals surface area contributed by atoms with Gasteiger partial charge in [-0.25, -0.2) is 0 Å². The monoisotopic (exact) mass is 376 g/mol. The lowest BCUT2D eigenvalue weighted by atomic mass is 9.77. The topological polar surface area (TPSA) is 41.1 Å². The van der Waals surface area contributed by atoms with E-state index < -0.39 is 17.2 Å². The van der Waals surface area contributed by atoms with Crippen molar-refractivity contribution >= 4 is 18.3 Å². The van der Waals surface area contributed by atoms with E-state index in [0.29, 0.717) is 18.4 Å². The highest BCUT2D eigenvalue weighted by atomic mass is 35.5. The first-order valence-electron chi connectivity index (χ1n) is 8.61. The zero-order valence-corrected chi connectivity index (χ0v) is 14.8. The van der Waals surface area contributed by atoms with Gasteiger partial charge < -0.3 is 10.6 Å². The molecule has 3 rings (SSSR count). The van der Waals surface area contributed by atoms with Gasteiger partial charge in [0.15, 0.2) is 0 Å². The predicted octanol–water partition coefficient (Wildman–Crippen LogP) is 3.81. The molecule has 1 amide bonds. The molecular weight excluding hydrogens is 353 g/mol. The summed E-state index contributed by atoms with van der Waals surface area (Å²) in [4.78, 5) is 13.0. The number of hydrogen-bond donors (Lipinski definition) is 2. The highest BCUT2D eigenvalue weighted by molar-refractivity contribution is 5.89. The van der Waals surface area contributed by atoms with Crippen molar-refractivity contribution in [2.75, 3.05) is 13.1 Å². The molecule has 1 aliphatic heterocycles. The largest absolute Gasteiger partial charge is 0.416 e. The number of rotatable bonds is 3. The summed E-state index contributed by atoms with van der Waals surface area (Å²) in [5, 5.41) is 6.32. The molecule has 1 aromatic rings. The van der Waals surface area contributed by atoms with Gasteiger partial charge in [0.25, 0.3) is 0 Å². The molecular formula is C18H24ClF3N2O. The number of alkyl halides is 3. The van der Waals surface area contributed by atoms with E-state index in [1.54, 1.807) is 6.07 Å². The van der Waals surface area contributed by atoms with Gasteiger partial charge in [-0.15, -0.1) is 12.4 Å². The Morgan fingerprint density at radius 1 is 1.20 bits per heavy atom. The Kier molecular flexibility index (Phi) is 6.38. The van der Waals surface area contributed by atoms with Crippen molar-refractivity contribution in [1.29, 1.82) is 0 Å². The fraction of sp³-hybridized carbons (Fsp3) is 0.611. The molecule has 3 nitrogen and oxygen atoms in total. The van der Waals surface area contributed by atoms with Crippen molar-refractivity contribution in [2.45, 2.75) is 56.2 Å². The number of halogens is 4. The molecule has 0 radical (unpaired) electrons. The average Bonchev–Trinajstić information content (AvgIpc) is 3.06. The number of carbonyl (C=O) groups excluding carboxylic acids is 1. The fourth-order valence-corrected chi connectivity index (χ4v) is 3.92. The van der Waals surface area contributed by atoms with Gasteiger partial charge in [0.1, 0.15) is 0 Å². The van der Waals surface area contributed by atoms with Crippen LogP contribution in [0.4, 0.5) is 13.2 Å². The third-order valence-corrected chi connectivity index (χ3v) is 5.27. The molecule has 2 fully saturated rings. The normalized spacial score (nSPS) is 22.9. The summed E-state index contributed by atoms with van der Waals surface area (Å²) in [5.74, 6) is -0.118. The molecule has 7 heteroatoms. The van der Waals surface area contributed by atoms with Crippen LogP contribution < -0.4 is 10.6 Å². The molecule has 0 bridgehead atoms. The lowest BCUT2D eigenvalue weighted by Gasteiger charge is -2.32. The van der Waals surface area contributed by atoms with Gasteiger partial charge in [0.2, 0.25) is 5.91 Å². The van der Waals surface area contributed by atoms with Crippen LogP contribution in [0.5, 0.6) is 0 Å². The first-order valence-corrected chi connectivity index (χ1v) is 8.61. The second-order valence-corrected chi connectivity index (χ2v) is 6.88. The van der Waals surface area contributed by atoms with Gasteiger partial charge in [0, 0.05) is 12.6 Å². The van der Waals surface area contributed by atoms with E-state index in [1.165, 1.54) is 6.07 Å². The first-order chi connectivity index (χ1) is 11.4. The summed E-state index contributed by atoms with van der Waals surface area (Å²) in [7, 11) is 0. The molecule has 2 N–H and O–H groups in total. The van der Waals surface area contributed by atoms with Crippen LogP contribution in [0.3, 0.4) is 0 Å². The molecule has 1 atom stereocenters. The van der Waals surface area contributed by atoms with E-state index in [0.717, 1.165) is 50.9 Å². The highest BCUT2D eigenvalue weighted by Crippen LogP contribution is 2.43. The minimum atomic E-state index is -4.39. The van der Waals surface area contributed by atoms with E-state index in [1.807, 2.05) is 0 Å². The Hall–Kier alpha value is -1.27. The van der Waals surface area contributed by atoms with Crippen molar-refractivity contribution in [3.63, 3.8) is 0 Å². The van der Waals surface area contributed by atoms with Crippen LogP contribution in [-0.2, 0) is 16.4 Å². The van der Waals surface area contributed by atoms with E-state index in [2.05, 4.69) is 10.6 Å². The fourth-order valence-electron chi connectivity index (χ4n) is 3.92. The summed E-state index contributed by atoms with van der Waals surface area (Å²) < 4.78 is 39.1. The van der Waals surface area contributed by atoms with Crippen molar-refractivity contribution in [3.05, 3.63) is 35.4 Å². The number of benzene rings is 1. The Bertz CT molecular complexity index is 594. The highest BCUT2D eigenvalue weighted by Gasteiger charge is 2.44. The van der Waals surface area contributed by atoms with E-state index in [9.17, 15) is 18.0 Å². The molecule has 1 saturated carbocycles. The zero-order chi connectivity index (χ0) is 17.2. The molecule has 0 aromatic heterocycles. The molecule has 0 spiro atoms. The second-order valence-electron chi connectivity index (χ2n) is 6.88. The van der Waals surface area contributed by atoms with Crippen LogP contribution in [0.1, 0.15) is 49.7 Å². The van der Waals surface area contributed by atoms with Gasteiger partial charge in [-0.2, -0.15) is 13.2 Å². The van der Waals surface area contributed by atoms with Crippen molar-refractivity contribution < 1.29 is 18.0 Å². The summed E-state index contributed by atoms with van der Waals surface area (Å²) >= 11 is 0. The van der Waals surface area contributed by atoms with Gasteiger partial charge >= 0.3 is 6.18 Å². The molecule has 140 valence electrons.